The predicted molar refractivity (Wildman–Crippen MR) is 84.6 cm³/mol. The summed E-state index contributed by atoms with van der Waals surface area (Å²) < 4.78 is 15.8. The molecule has 0 spiro atoms. The lowest BCUT2D eigenvalue weighted by Crippen LogP contribution is -2.19. The van der Waals surface area contributed by atoms with Gasteiger partial charge in [0.15, 0.2) is 0 Å². The molecule has 0 amide bonds. The Morgan fingerprint density at radius 3 is 2.67 bits per heavy atom. The van der Waals surface area contributed by atoms with Gasteiger partial charge in [-0.05, 0) is 18.2 Å². The van der Waals surface area contributed by atoms with Crippen LogP contribution < -0.4 is 5.73 Å². The number of terminal acetylenes is 1. The molecule has 1 aromatic heterocycles. The molecule has 0 aliphatic rings. The molecule has 110 valence electrons. The van der Waals surface area contributed by atoms with Crippen LogP contribution in [0.5, 0.6) is 0 Å². The number of hydrogen-bond acceptors (Lipinski definition) is 2. The van der Waals surface area contributed by atoms with Crippen molar-refractivity contribution in [1.82, 2.24) is 9.55 Å². The average Bonchev–Trinajstić information content (AvgIpc) is 2.71. The molecule has 3 nitrogen and oxygen atoms in total. The summed E-state index contributed by atoms with van der Waals surface area (Å²) in [4.78, 5) is 4.52. The zero-order chi connectivity index (χ0) is 15.8. The molecule has 1 heterocycles. The van der Waals surface area contributed by atoms with E-state index in [4.69, 9.17) is 23.8 Å². The summed E-state index contributed by atoms with van der Waals surface area (Å²) in [7, 11) is 0. The van der Waals surface area contributed by atoms with Crippen molar-refractivity contribution in [3.63, 3.8) is 0 Å². The van der Waals surface area contributed by atoms with E-state index in [9.17, 15) is 4.39 Å². The van der Waals surface area contributed by atoms with E-state index in [2.05, 4.69) is 10.9 Å². The van der Waals surface area contributed by atoms with Gasteiger partial charge in [-0.3, -0.25) is 0 Å². The van der Waals surface area contributed by atoms with Crippen LogP contribution in [0.2, 0.25) is 5.02 Å². The number of anilines is 1. The Balaban J connectivity index is 2.71. The third-order valence-corrected chi connectivity index (χ3v) is 3.35. The Kier molecular flexibility index (Phi) is 3.97. The third-order valence-electron chi connectivity index (χ3n) is 3.11. The second-order valence-corrected chi connectivity index (χ2v) is 6.27. The van der Waals surface area contributed by atoms with E-state index in [1.54, 1.807) is 4.57 Å². The molecule has 0 saturated carbocycles. The molecule has 1 aromatic carbocycles. The van der Waals surface area contributed by atoms with Crippen LogP contribution in [0.1, 0.15) is 26.6 Å². The molecule has 0 bridgehead atoms. The summed E-state index contributed by atoms with van der Waals surface area (Å²) in [6.07, 6.45) is 5.39. The topological polar surface area (TPSA) is 43.8 Å². The van der Waals surface area contributed by atoms with Gasteiger partial charge in [0.25, 0.3) is 0 Å². The van der Waals surface area contributed by atoms with E-state index in [1.165, 1.54) is 18.2 Å². The minimum absolute atomic E-state index is 0.266. The summed E-state index contributed by atoms with van der Waals surface area (Å²) in [6, 6.07) is 4.30. The Labute approximate surface area is 128 Å². The van der Waals surface area contributed by atoms with Gasteiger partial charge in [-0.2, -0.15) is 0 Å². The quantitative estimate of drug-likeness (QED) is 0.856. The van der Waals surface area contributed by atoms with E-state index >= 15 is 0 Å². The zero-order valence-electron chi connectivity index (χ0n) is 12.2. The fraction of sp³-hybridized carbons (Fsp3) is 0.312. The summed E-state index contributed by atoms with van der Waals surface area (Å²) in [5, 5.41) is 0.426. The Bertz CT molecular complexity index is 720. The van der Waals surface area contributed by atoms with Crippen LogP contribution in [0.25, 0.3) is 11.3 Å². The summed E-state index contributed by atoms with van der Waals surface area (Å²) in [5.74, 6) is 3.19. The van der Waals surface area contributed by atoms with Crippen LogP contribution in [-0.2, 0) is 12.0 Å². The molecule has 0 fully saturated rings. The lowest BCUT2D eigenvalue weighted by Gasteiger charge is -2.18. The maximum Gasteiger partial charge on any atom is 0.132 e. The monoisotopic (exact) mass is 305 g/mol. The molecule has 0 aliphatic carbocycles. The SMILES string of the molecule is C#CCn1c(C(C)(C)C)nc(-c2cc(Cl)ccc2F)c1N. The van der Waals surface area contributed by atoms with E-state index in [1.807, 2.05) is 20.8 Å². The highest BCUT2D eigenvalue weighted by Crippen LogP contribution is 2.34. The highest BCUT2D eigenvalue weighted by Gasteiger charge is 2.26. The summed E-state index contributed by atoms with van der Waals surface area (Å²) in [6.45, 7) is 6.29. The second kappa shape index (κ2) is 5.42. The molecule has 0 aliphatic heterocycles. The molecule has 5 heteroatoms. The standard InChI is InChI=1S/C16H17ClFN3/c1-5-8-21-14(19)13(20-15(21)16(2,3)4)11-9-10(17)6-7-12(11)18/h1,6-7,9H,8,19H2,2-4H3. The summed E-state index contributed by atoms with van der Waals surface area (Å²) >= 11 is 5.94. The minimum atomic E-state index is -0.420. The number of hydrogen-bond donors (Lipinski definition) is 1. The third kappa shape index (κ3) is 2.88. The van der Waals surface area contributed by atoms with Crippen LogP contribution in [-0.4, -0.2) is 9.55 Å². The van der Waals surface area contributed by atoms with Crippen molar-refractivity contribution < 1.29 is 4.39 Å². The predicted octanol–water partition coefficient (Wildman–Crippen LogP) is 3.86. The Morgan fingerprint density at radius 1 is 1.43 bits per heavy atom. The van der Waals surface area contributed by atoms with Crippen LogP contribution in [0.3, 0.4) is 0 Å². The number of nitrogens with zero attached hydrogens (tertiary/aromatic N) is 2. The summed E-state index contributed by atoms with van der Waals surface area (Å²) in [5.41, 5.74) is 6.52. The number of rotatable bonds is 2. The average molecular weight is 306 g/mol. The first-order chi connectivity index (χ1) is 9.75. The van der Waals surface area contributed by atoms with Gasteiger partial charge in [0.2, 0.25) is 0 Å². The number of imidazole rings is 1. The molecule has 0 atom stereocenters. The lowest BCUT2D eigenvalue weighted by molar-refractivity contribution is 0.517. The first-order valence-corrected chi connectivity index (χ1v) is 6.89. The largest absolute Gasteiger partial charge is 0.383 e. The van der Waals surface area contributed by atoms with Gasteiger partial charge in [-0.15, -0.1) is 6.42 Å². The fourth-order valence-electron chi connectivity index (χ4n) is 2.17. The number of halogens is 2. The van der Waals surface area contributed by atoms with Crippen molar-refractivity contribution in [3.05, 3.63) is 34.9 Å². The van der Waals surface area contributed by atoms with Crippen molar-refractivity contribution >= 4 is 17.4 Å². The van der Waals surface area contributed by atoms with Crippen molar-refractivity contribution in [2.45, 2.75) is 32.7 Å². The molecule has 2 rings (SSSR count). The number of nitrogens with two attached hydrogens (primary N) is 1. The molecule has 2 aromatic rings. The van der Waals surface area contributed by atoms with Crippen LogP contribution in [0.15, 0.2) is 18.2 Å². The molecular weight excluding hydrogens is 289 g/mol. The van der Waals surface area contributed by atoms with Gasteiger partial charge >= 0.3 is 0 Å². The van der Waals surface area contributed by atoms with Crippen LogP contribution >= 0.6 is 11.6 Å². The van der Waals surface area contributed by atoms with E-state index in [-0.39, 0.29) is 17.5 Å². The smallest absolute Gasteiger partial charge is 0.132 e. The van der Waals surface area contributed by atoms with Crippen molar-refractivity contribution in [1.29, 1.82) is 0 Å². The van der Waals surface area contributed by atoms with Crippen molar-refractivity contribution in [3.8, 4) is 23.6 Å². The number of aromatic nitrogens is 2. The highest BCUT2D eigenvalue weighted by atomic mass is 35.5. The molecule has 2 N–H and O–H groups in total. The van der Waals surface area contributed by atoms with Crippen molar-refractivity contribution in [2.75, 3.05) is 5.73 Å². The van der Waals surface area contributed by atoms with E-state index in [0.29, 0.717) is 22.4 Å². The van der Waals surface area contributed by atoms with Crippen LogP contribution in [0, 0.1) is 18.2 Å². The Morgan fingerprint density at radius 2 is 2.10 bits per heavy atom. The van der Waals surface area contributed by atoms with E-state index in [0.717, 1.165) is 0 Å². The lowest BCUT2D eigenvalue weighted by atomic mass is 9.95. The number of benzene rings is 1. The van der Waals surface area contributed by atoms with Gasteiger partial charge in [0, 0.05) is 16.0 Å². The van der Waals surface area contributed by atoms with Gasteiger partial charge < -0.3 is 10.3 Å². The van der Waals surface area contributed by atoms with Crippen LogP contribution in [0.4, 0.5) is 10.2 Å². The first kappa shape index (κ1) is 15.4. The van der Waals surface area contributed by atoms with E-state index < -0.39 is 5.82 Å². The fourth-order valence-corrected chi connectivity index (χ4v) is 2.34. The van der Waals surface area contributed by atoms with Gasteiger partial charge in [-0.25, -0.2) is 9.37 Å². The van der Waals surface area contributed by atoms with Gasteiger partial charge in [0.1, 0.15) is 23.2 Å². The molecular formula is C16H17ClFN3. The van der Waals surface area contributed by atoms with Gasteiger partial charge in [-0.1, -0.05) is 38.3 Å². The molecule has 0 unspecified atom stereocenters. The van der Waals surface area contributed by atoms with Gasteiger partial charge in [0.05, 0.1) is 6.54 Å². The van der Waals surface area contributed by atoms with Crippen molar-refractivity contribution in [2.24, 2.45) is 0 Å². The minimum Gasteiger partial charge on any atom is -0.383 e. The first-order valence-electron chi connectivity index (χ1n) is 6.51. The zero-order valence-corrected chi connectivity index (χ0v) is 13.0. The number of nitrogen functional groups attached to an aromatic ring is 1. The molecule has 0 saturated heterocycles. The molecule has 0 radical (unpaired) electrons. The molecule has 21 heavy (non-hydrogen) atoms. The maximum atomic E-state index is 14.1. The Hall–Kier alpha value is -1.99. The normalized spacial score (nSPS) is 11.4. The highest BCUT2D eigenvalue weighted by molar-refractivity contribution is 6.30. The second-order valence-electron chi connectivity index (χ2n) is 5.83. The maximum absolute atomic E-state index is 14.1.